The number of hydrogen-bond acceptors (Lipinski definition) is 1. The maximum Gasteiger partial charge on any atom is 0.124 e. The van der Waals surface area contributed by atoms with Gasteiger partial charge < -0.3 is 0 Å². The lowest BCUT2D eigenvalue weighted by molar-refractivity contribution is 0.581. The molecule has 3 heteroatoms. The zero-order valence-electron chi connectivity index (χ0n) is 8.14. The summed E-state index contributed by atoms with van der Waals surface area (Å²) >= 11 is 5.88. The molecule has 0 aliphatic heterocycles. The van der Waals surface area contributed by atoms with E-state index >= 15 is 0 Å². The summed E-state index contributed by atoms with van der Waals surface area (Å²) in [6.45, 7) is 3.70. The van der Waals surface area contributed by atoms with E-state index in [4.69, 9.17) is 16.9 Å². The first-order valence-corrected chi connectivity index (χ1v) is 4.78. The standard InChI is InChI=1S/C11H11ClFN/c1-3-11(2,7-14)9-5-4-8(13)6-10(9)12/h4-6H,3H2,1-2H3. The summed E-state index contributed by atoms with van der Waals surface area (Å²) in [5.41, 5.74) is 0.0516. The maximum absolute atomic E-state index is 12.8. The summed E-state index contributed by atoms with van der Waals surface area (Å²) in [6.07, 6.45) is 0.648. The molecule has 0 radical (unpaired) electrons. The number of benzene rings is 1. The molecule has 1 aromatic carbocycles. The van der Waals surface area contributed by atoms with E-state index in [0.717, 1.165) is 0 Å². The van der Waals surface area contributed by atoms with Crippen molar-refractivity contribution in [2.24, 2.45) is 0 Å². The fourth-order valence-corrected chi connectivity index (χ4v) is 1.64. The molecule has 0 bridgehead atoms. The Bertz CT molecular complexity index is 383. The van der Waals surface area contributed by atoms with Gasteiger partial charge in [-0.05, 0) is 31.0 Å². The monoisotopic (exact) mass is 211 g/mol. The van der Waals surface area contributed by atoms with E-state index in [1.165, 1.54) is 12.1 Å². The quantitative estimate of drug-likeness (QED) is 0.732. The van der Waals surface area contributed by atoms with Crippen molar-refractivity contribution >= 4 is 11.6 Å². The van der Waals surface area contributed by atoms with Gasteiger partial charge in [0.05, 0.1) is 11.5 Å². The van der Waals surface area contributed by atoms with Gasteiger partial charge in [0.25, 0.3) is 0 Å². The third-order valence-electron chi connectivity index (χ3n) is 2.48. The second-order valence-corrected chi connectivity index (χ2v) is 3.83. The summed E-state index contributed by atoms with van der Waals surface area (Å²) in [7, 11) is 0. The van der Waals surface area contributed by atoms with Gasteiger partial charge in [0.1, 0.15) is 5.82 Å². The molecule has 74 valence electrons. The molecule has 0 aliphatic rings. The molecule has 0 spiro atoms. The summed E-state index contributed by atoms with van der Waals surface area (Å²) in [4.78, 5) is 0. The van der Waals surface area contributed by atoms with Gasteiger partial charge in [-0.25, -0.2) is 4.39 Å². The first kappa shape index (κ1) is 11.0. The van der Waals surface area contributed by atoms with E-state index in [0.29, 0.717) is 17.0 Å². The minimum absolute atomic E-state index is 0.316. The fourth-order valence-electron chi connectivity index (χ4n) is 1.27. The van der Waals surface area contributed by atoms with Gasteiger partial charge in [0, 0.05) is 5.02 Å². The van der Waals surface area contributed by atoms with Crippen molar-refractivity contribution in [2.75, 3.05) is 0 Å². The first-order valence-electron chi connectivity index (χ1n) is 4.40. The topological polar surface area (TPSA) is 23.8 Å². The SMILES string of the molecule is CCC(C)(C#N)c1ccc(F)cc1Cl. The average molecular weight is 212 g/mol. The Kier molecular flexibility index (Phi) is 3.13. The van der Waals surface area contributed by atoms with Crippen LogP contribution >= 0.6 is 11.6 Å². The maximum atomic E-state index is 12.8. The van der Waals surface area contributed by atoms with Crippen LogP contribution in [0.15, 0.2) is 18.2 Å². The normalized spacial score (nSPS) is 14.5. The third kappa shape index (κ3) is 1.88. The molecule has 1 atom stereocenters. The van der Waals surface area contributed by atoms with Gasteiger partial charge in [-0.1, -0.05) is 24.6 Å². The molecule has 0 heterocycles. The molecule has 0 N–H and O–H groups in total. The number of nitrogens with zero attached hydrogens (tertiary/aromatic N) is 1. The van der Waals surface area contributed by atoms with Gasteiger partial charge in [0.15, 0.2) is 0 Å². The Morgan fingerprint density at radius 3 is 2.64 bits per heavy atom. The molecular formula is C11H11ClFN. The molecule has 1 aromatic rings. The van der Waals surface area contributed by atoms with Crippen LogP contribution in [0.25, 0.3) is 0 Å². The second-order valence-electron chi connectivity index (χ2n) is 3.42. The zero-order valence-corrected chi connectivity index (χ0v) is 8.90. The van der Waals surface area contributed by atoms with Crippen LogP contribution in [0.5, 0.6) is 0 Å². The van der Waals surface area contributed by atoms with Crippen molar-refractivity contribution in [3.63, 3.8) is 0 Å². The van der Waals surface area contributed by atoms with Crippen molar-refractivity contribution in [1.82, 2.24) is 0 Å². The van der Waals surface area contributed by atoms with Crippen molar-refractivity contribution in [1.29, 1.82) is 5.26 Å². The highest BCUT2D eigenvalue weighted by Gasteiger charge is 2.26. The predicted octanol–water partition coefficient (Wildman–Crippen LogP) is 3.67. The van der Waals surface area contributed by atoms with Crippen LogP contribution in [0.1, 0.15) is 25.8 Å². The number of rotatable bonds is 2. The molecule has 0 amide bonds. The molecule has 0 saturated carbocycles. The van der Waals surface area contributed by atoms with Crippen molar-refractivity contribution in [3.05, 3.63) is 34.6 Å². The van der Waals surface area contributed by atoms with Crippen LogP contribution in [0.2, 0.25) is 5.02 Å². The molecule has 1 rings (SSSR count). The summed E-state index contributed by atoms with van der Waals surface area (Å²) in [5, 5.41) is 9.35. The molecular weight excluding hydrogens is 201 g/mol. The molecule has 1 unspecified atom stereocenters. The van der Waals surface area contributed by atoms with Crippen LogP contribution in [-0.2, 0) is 5.41 Å². The van der Waals surface area contributed by atoms with Gasteiger partial charge in [-0.3, -0.25) is 0 Å². The van der Waals surface area contributed by atoms with E-state index in [2.05, 4.69) is 6.07 Å². The first-order chi connectivity index (χ1) is 6.53. The number of nitriles is 1. The van der Waals surface area contributed by atoms with Crippen molar-refractivity contribution in [2.45, 2.75) is 25.7 Å². The Hall–Kier alpha value is -1.07. The third-order valence-corrected chi connectivity index (χ3v) is 2.79. The van der Waals surface area contributed by atoms with Crippen LogP contribution in [-0.4, -0.2) is 0 Å². The Balaban J connectivity index is 3.26. The van der Waals surface area contributed by atoms with Crippen LogP contribution in [0, 0.1) is 17.1 Å². The Morgan fingerprint density at radius 2 is 2.21 bits per heavy atom. The van der Waals surface area contributed by atoms with E-state index in [-0.39, 0.29) is 5.82 Å². The predicted molar refractivity (Wildman–Crippen MR) is 54.7 cm³/mol. The highest BCUT2D eigenvalue weighted by Crippen LogP contribution is 2.32. The minimum Gasteiger partial charge on any atom is -0.207 e. The fraction of sp³-hybridized carbons (Fsp3) is 0.364. The van der Waals surface area contributed by atoms with Gasteiger partial charge in [-0.2, -0.15) is 5.26 Å². The highest BCUT2D eigenvalue weighted by molar-refractivity contribution is 6.31. The molecule has 0 aliphatic carbocycles. The minimum atomic E-state index is -0.634. The highest BCUT2D eigenvalue weighted by atomic mass is 35.5. The summed E-state index contributed by atoms with van der Waals surface area (Å²) in [6, 6.07) is 6.34. The van der Waals surface area contributed by atoms with Gasteiger partial charge >= 0.3 is 0 Å². The Morgan fingerprint density at radius 1 is 1.57 bits per heavy atom. The van der Waals surface area contributed by atoms with Gasteiger partial charge in [-0.15, -0.1) is 0 Å². The lowest BCUT2D eigenvalue weighted by atomic mass is 9.81. The number of halogens is 2. The smallest absolute Gasteiger partial charge is 0.124 e. The molecule has 1 nitrogen and oxygen atoms in total. The second kappa shape index (κ2) is 3.98. The van der Waals surface area contributed by atoms with Crippen LogP contribution < -0.4 is 0 Å². The molecule has 14 heavy (non-hydrogen) atoms. The van der Waals surface area contributed by atoms with Crippen molar-refractivity contribution in [3.8, 4) is 6.07 Å². The largest absolute Gasteiger partial charge is 0.207 e. The lowest BCUT2D eigenvalue weighted by Gasteiger charge is -2.21. The summed E-state index contributed by atoms with van der Waals surface area (Å²) < 4.78 is 12.8. The van der Waals surface area contributed by atoms with E-state index in [1.54, 1.807) is 13.0 Å². The Labute approximate surface area is 88.1 Å². The van der Waals surface area contributed by atoms with E-state index in [9.17, 15) is 4.39 Å². The lowest BCUT2D eigenvalue weighted by Crippen LogP contribution is -2.18. The average Bonchev–Trinajstić information content (AvgIpc) is 2.17. The zero-order chi connectivity index (χ0) is 10.8. The van der Waals surface area contributed by atoms with Crippen LogP contribution in [0.4, 0.5) is 4.39 Å². The number of hydrogen-bond donors (Lipinski definition) is 0. The molecule has 0 fully saturated rings. The van der Waals surface area contributed by atoms with E-state index in [1.807, 2.05) is 6.92 Å². The van der Waals surface area contributed by atoms with Gasteiger partial charge in [0.2, 0.25) is 0 Å². The molecule has 0 saturated heterocycles. The van der Waals surface area contributed by atoms with E-state index < -0.39 is 5.41 Å². The van der Waals surface area contributed by atoms with Crippen molar-refractivity contribution < 1.29 is 4.39 Å². The molecule has 0 aromatic heterocycles. The summed E-state index contributed by atoms with van der Waals surface area (Å²) in [5.74, 6) is -0.379. The van der Waals surface area contributed by atoms with Crippen LogP contribution in [0.3, 0.4) is 0 Å².